The number of aromatic nitrogens is 3. The van der Waals surface area contributed by atoms with E-state index in [2.05, 4.69) is 44.8 Å². The van der Waals surface area contributed by atoms with Crippen LogP contribution in [0.4, 0.5) is 10.5 Å². The van der Waals surface area contributed by atoms with Gasteiger partial charge in [-0.25, -0.2) is 4.79 Å². The van der Waals surface area contributed by atoms with Gasteiger partial charge < -0.3 is 44.0 Å². The van der Waals surface area contributed by atoms with E-state index in [0.717, 1.165) is 37.5 Å². The molecule has 2 amide bonds. The number of hydrogen-bond donors (Lipinski definition) is 3. The van der Waals surface area contributed by atoms with Crippen molar-refractivity contribution in [1.82, 2.24) is 25.6 Å². The predicted octanol–water partition coefficient (Wildman–Crippen LogP) is 3.60. The predicted molar refractivity (Wildman–Crippen MR) is 170 cm³/mol. The van der Waals surface area contributed by atoms with Crippen LogP contribution in [-0.2, 0) is 28.4 Å². The zero-order valence-corrected chi connectivity index (χ0v) is 26.7. The molecule has 13 heteroatoms. The lowest BCUT2D eigenvalue weighted by atomic mass is 10.1. The van der Waals surface area contributed by atoms with Crippen LogP contribution >= 0.6 is 0 Å². The second-order valence-electron chi connectivity index (χ2n) is 10.0. The van der Waals surface area contributed by atoms with Crippen molar-refractivity contribution in [3.63, 3.8) is 0 Å². The first-order chi connectivity index (χ1) is 21.7. The largest absolute Gasteiger partial charge is 0.378 e. The molecule has 2 aromatic rings. The molecule has 0 aliphatic carbocycles. The Kier molecular flexibility index (Phi) is 22.8. The summed E-state index contributed by atoms with van der Waals surface area (Å²) in [5.41, 5.74) is 2.33. The van der Waals surface area contributed by atoms with Crippen molar-refractivity contribution >= 4 is 11.7 Å². The van der Waals surface area contributed by atoms with E-state index in [-0.39, 0.29) is 6.03 Å². The van der Waals surface area contributed by atoms with Crippen LogP contribution in [0.3, 0.4) is 0 Å². The number of unbranched alkanes of at least 4 members (excludes halogenated alkanes) is 2. The number of rotatable bonds is 29. The Bertz CT molecular complexity index is 913. The highest BCUT2D eigenvalue weighted by molar-refractivity contribution is 5.89. The molecule has 0 atom stereocenters. The quantitative estimate of drug-likeness (QED) is 0.115. The van der Waals surface area contributed by atoms with Crippen LogP contribution in [0.2, 0.25) is 0 Å². The molecule has 3 N–H and O–H groups in total. The standard InChI is InChI=1S/C31H54N6O7/c1-3-5-12-37(13-6-4-2)14-16-40-18-20-42-22-24-44-26-25-43-23-21-41-19-17-39-15-11-32-31(38)34-29-9-7-28(8-10-29)30-27-33-36-35-30/h7-10,27H,3-6,11-26H2,1-2H3,(H2,32,34,38)(H,33,35,36). The molecule has 0 aliphatic heterocycles. The summed E-state index contributed by atoms with van der Waals surface area (Å²) >= 11 is 0. The van der Waals surface area contributed by atoms with Crippen LogP contribution in [-0.4, -0.2) is 132 Å². The summed E-state index contributed by atoms with van der Waals surface area (Å²) in [7, 11) is 0. The number of nitrogens with one attached hydrogen (secondary N) is 3. The minimum atomic E-state index is -0.296. The molecule has 0 radical (unpaired) electrons. The fourth-order valence-corrected chi connectivity index (χ4v) is 3.97. The van der Waals surface area contributed by atoms with Crippen molar-refractivity contribution in [1.29, 1.82) is 0 Å². The summed E-state index contributed by atoms with van der Waals surface area (Å²) in [6.45, 7) is 14.5. The van der Waals surface area contributed by atoms with E-state index in [9.17, 15) is 4.79 Å². The molecule has 0 fully saturated rings. The van der Waals surface area contributed by atoms with Gasteiger partial charge in [0.1, 0.15) is 5.69 Å². The zero-order chi connectivity index (χ0) is 31.3. The lowest BCUT2D eigenvalue weighted by molar-refractivity contribution is -0.0173. The number of hydrogen-bond acceptors (Lipinski definition) is 10. The highest BCUT2D eigenvalue weighted by Crippen LogP contribution is 2.18. The summed E-state index contributed by atoms with van der Waals surface area (Å²) in [6.07, 6.45) is 6.59. The molecule has 1 aromatic carbocycles. The monoisotopic (exact) mass is 622 g/mol. The van der Waals surface area contributed by atoms with Gasteiger partial charge in [-0.05, 0) is 38.1 Å². The Morgan fingerprint density at radius 2 is 1.20 bits per heavy atom. The maximum absolute atomic E-state index is 12.0. The lowest BCUT2D eigenvalue weighted by Crippen LogP contribution is -2.31. The van der Waals surface area contributed by atoms with Crippen LogP contribution < -0.4 is 10.6 Å². The smallest absolute Gasteiger partial charge is 0.319 e. The van der Waals surface area contributed by atoms with Gasteiger partial charge in [-0.3, -0.25) is 0 Å². The Morgan fingerprint density at radius 3 is 1.68 bits per heavy atom. The van der Waals surface area contributed by atoms with Crippen LogP contribution in [0.5, 0.6) is 0 Å². The molecular formula is C31H54N6O7. The van der Waals surface area contributed by atoms with Crippen molar-refractivity contribution in [3.05, 3.63) is 30.5 Å². The van der Waals surface area contributed by atoms with E-state index in [0.29, 0.717) is 84.9 Å². The van der Waals surface area contributed by atoms with E-state index < -0.39 is 0 Å². The Labute approximate surface area is 262 Å². The van der Waals surface area contributed by atoms with E-state index >= 15 is 0 Å². The van der Waals surface area contributed by atoms with Crippen LogP contribution in [0, 0.1) is 0 Å². The molecule has 0 bridgehead atoms. The number of carbonyl (C=O) groups is 1. The van der Waals surface area contributed by atoms with Gasteiger partial charge >= 0.3 is 6.03 Å². The van der Waals surface area contributed by atoms with Gasteiger partial charge in [-0.1, -0.05) is 38.8 Å². The second kappa shape index (κ2) is 26.7. The summed E-state index contributed by atoms with van der Waals surface area (Å²) in [5.74, 6) is 0. The van der Waals surface area contributed by atoms with E-state index in [1.165, 1.54) is 25.7 Å². The van der Waals surface area contributed by atoms with Gasteiger partial charge in [0, 0.05) is 24.3 Å². The third-order valence-corrected chi connectivity index (χ3v) is 6.45. The summed E-state index contributed by atoms with van der Waals surface area (Å²) in [6, 6.07) is 7.04. The topological polar surface area (TPSA) is 141 Å². The van der Waals surface area contributed by atoms with Crippen LogP contribution in [0.25, 0.3) is 11.3 Å². The first kappa shape index (κ1) is 37.5. The van der Waals surface area contributed by atoms with Gasteiger partial charge in [0.2, 0.25) is 0 Å². The number of urea groups is 1. The number of H-pyrrole nitrogens is 1. The van der Waals surface area contributed by atoms with Gasteiger partial charge in [0.15, 0.2) is 0 Å². The lowest BCUT2D eigenvalue weighted by Gasteiger charge is -2.21. The molecule has 0 saturated heterocycles. The van der Waals surface area contributed by atoms with Gasteiger partial charge in [0.25, 0.3) is 0 Å². The van der Waals surface area contributed by atoms with Gasteiger partial charge in [-0.2, -0.15) is 15.4 Å². The maximum atomic E-state index is 12.0. The number of carbonyl (C=O) groups excluding carboxylic acids is 1. The molecule has 0 saturated carbocycles. The number of aromatic amines is 1. The molecule has 0 spiro atoms. The van der Waals surface area contributed by atoms with Crippen molar-refractivity contribution in [3.8, 4) is 11.3 Å². The maximum Gasteiger partial charge on any atom is 0.319 e. The number of amides is 2. The summed E-state index contributed by atoms with van der Waals surface area (Å²) in [5, 5.41) is 15.9. The molecule has 0 aliphatic rings. The van der Waals surface area contributed by atoms with Crippen molar-refractivity contribution < 1.29 is 33.2 Å². The van der Waals surface area contributed by atoms with Crippen LogP contribution in [0.15, 0.2) is 30.5 Å². The summed E-state index contributed by atoms with van der Waals surface area (Å²) in [4.78, 5) is 14.5. The second-order valence-corrected chi connectivity index (χ2v) is 10.0. The highest BCUT2D eigenvalue weighted by Gasteiger charge is 2.05. The van der Waals surface area contributed by atoms with E-state index in [1.54, 1.807) is 18.3 Å². The first-order valence-electron chi connectivity index (χ1n) is 15.9. The molecule has 0 unspecified atom stereocenters. The minimum absolute atomic E-state index is 0.296. The average Bonchev–Trinajstić information content (AvgIpc) is 3.58. The SMILES string of the molecule is CCCCN(CCCC)CCOCCOCCOCCOCCOCCOCCNC(=O)Nc1ccc(-c2cn[nH]n2)cc1. The van der Waals surface area contributed by atoms with Crippen molar-refractivity contribution in [2.24, 2.45) is 0 Å². The molecule has 13 nitrogen and oxygen atoms in total. The molecule has 1 heterocycles. The average molecular weight is 623 g/mol. The van der Waals surface area contributed by atoms with E-state index in [4.69, 9.17) is 28.4 Å². The molecular weight excluding hydrogens is 568 g/mol. The Hall–Kier alpha value is -2.65. The minimum Gasteiger partial charge on any atom is -0.378 e. The first-order valence-corrected chi connectivity index (χ1v) is 15.9. The Balaban J connectivity index is 1.27. The fraction of sp³-hybridized carbons (Fsp3) is 0.710. The van der Waals surface area contributed by atoms with E-state index in [1.807, 2.05) is 12.1 Å². The van der Waals surface area contributed by atoms with Gasteiger partial charge in [-0.15, -0.1) is 0 Å². The number of anilines is 1. The van der Waals surface area contributed by atoms with Gasteiger partial charge in [0.05, 0.1) is 85.5 Å². The van der Waals surface area contributed by atoms with Crippen molar-refractivity contribution in [2.75, 3.05) is 111 Å². The molecule has 250 valence electrons. The highest BCUT2D eigenvalue weighted by atomic mass is 16.6. The van der Waals surface area contributed by atoms with Crippen molar-refractivity contribution in [2.45, 2.75) is 39.5 Å². The number of ether oxygens (including phenoxy) is 6. The zero-order valence-electron chi connectivity index (χ0n) is 26.7. The normalized spacial score (nSPS) is 11.3. The van der Waals surface area contributed by atoms with Crippen LogP contribution in [0.1, 0.15) is 39.5 Å². The molecule has 2 rings (SSSR count). The fourth-order valence-electron chi connectivity index (χ4n) is 3.97. The molecule has 44 heavy (non-hydrogen) atoms. The third kappa shape index (κ3) is 19.6. The molecule has 1 aromatic heterocycles. The Morgan fingerprint density at radius 1 is 0.705 bits per heavy atom. The third-order valence-electron chi connectivity index (χ3n) is 6.45. The summed E-state index contributed by atoms with van der Waals surface area (Å²) < 4.78 is 33.3. The number of benzene rings is 1. The number of nitrogens with zero attached hydrogens (tertiary/aromatic N) is 3.